The molecule has 0 saturated heterocycles. The molecule has 506 valence electrons. The van der Waals surface area contributed by atoms with Gasteiger partial charge in [0.2, 0.25) is 5.91 Å². The van der Waals surface area contributed by atoms with Crippen molar-refractivity contribution in [1.82, 2.24) is 5.32 Å². The number of ether oxygens (including phenoxy) is 1. The Morgan fingerprint density at radius 2 is 0.581 bits per heavy atom. The molecule has 0 spiro atoms. The van der Waals surface area contributed by atoms with Crippen LogP contribution in [0.5, 0.6) is 0 Å². The van der Waals surface area contributed by atoms with E-state index in [4.69, 9.17) is 4.74 Å². The molecule has 2 atom stereocenters. The molecule has 0 aromatic heterocycles. The van der Waals surface area contributed by atoms with Gasteiger partial charge in [-0.2, -0.15) is 0 Å². The van der Waals surface area contributed by atoms with Crippen LogP contribution in [0.4, 0.5) is 0 Å². The van der Waals surface area contributed by atoms with Gasteiger partial charge in [-0.15, -0.1) is 0 Å². The molecule has 3 N–H and O–H groups in total. The van der Waals surface area contributed by atoms with Crippen LogP contribution < -0.4 is 5.32 Å². The average Bonchev–Trinajstić information content (AvgIpc) is 3.58. The Morgan fingerprint density at radius 1 is 0.326 bits per heavy atom. The van der Waals surface area contributed by atoms with E-state index in [9.17, 15) is 19.8 Å². The molecule has 0 aliphatic heterocycles. The number of aliphatic hydroxyl groups is 2. The Balaban J connectivity index is 3.33. The number of aliphatic hydroxyl groups excluding tert-OH is 2. The maximum Gasteiger partial charge on any atom is 0.305 e. The molecule has 0 heterocycles. The minimum atomic E-state index is -0.841. The van der Waals surface area contributed by atoms with Crippen molar-refractivity contribution in [2.45, 2.75) is 437 Å². The van der Waals surface area contributed by atoms with Crippen LogP contribution >= 0.6 is 0 Å². The number of unbranched alkanes of at least 4 members (excludes halogenated alkanes) is 56. The van der Waals surface area contributed by atoms with Crippen LogP contribution in [0.2, 0.25) is 0 Å². The molecule has 6 nitrogen and oxygen atoms in total. The molecule has 1 amide bonds. The van der Waals surface area contributed by atoms with E-state index in [0.29, 0.717) is 19.4 Å². The van der Waals surface area contributed by atoms with Gasteiger partial charge in [-0.3, -0.25) is 9.59 Å². The van der Waals surface area contributed by atoms with E-state index in [2.05, 4.69) is 55.6 Å². The first-order valence-electron chi connectivity index (χ1n) is 38.9. The zero-order chi connectivity index (χ0) is 62.0. The lowest BCUT2D eigenvalue weighted by molar-refractivity contribution is -0.143. The lowest BCUT2D eigenvalue weighted by atomic mass is 10.0. The number of amides is 1. The summed E-state index contributed by atoms with van der Waals surface area (Å²) in [5.74, 6) is -0.0447. The number of carbonyl (C=O) groups excluding carboxylic acids is 2. The van der Waals surface area contributed by atoms with Gasteiger partial charge in [-0.05, 0) is 89.9 Å². The zero-order valence-corrected chi connectivity index (χ0v) is 58.1. The molecule has 0 fully saturated rings. The molecule has 0 rings (SSSR count). The highest BCUT2D eigenvalue weighted by molar-refractivity contribution is 5.76. The number of nitrogens with one attached hydrogen (secondary N) is 1. The van der Waals surface area contributed by atoms with Crippen LogP contribution in [-0.2, 0) is 14.3 Å². The number of carbonyl (C=O) groups is 2. The summed E-state index contributed by atoms with van der Waals surface area (Å²) in [7, 11) is 0. The molecular formula is C80H151NO5. The van der Waals surface area contributed by atoms with E-state index in [1.165, 1.54) is 353 Å². The quantitative estimate of drug-likeness (QED) is 0.0320. The van der Waals surface area contributed by atoms with Gasteiger partial charge in [0.25, 0.3) is 0 Å². The largest absolute Gasteiger partial charge is 0.466 e. The number of hydrogen-bond acceptors (Lipinski definition) is 5. The molecule has 0 radical (unpaired) electrons. The number of esters is 1. The molecule has 0 bridgehead atoms. The van der Waals surface area contributed by atoms with E-state index in [1.807, 2.05) is 6.08 Å². The fourth-order valence-corrected chi connectivity index (χ4v) is 12.1. The first-order valence-corrected chi connectivity index (χ1v) is 38.9. The summed E-state index contributed by atoms with van der Waals surface area (Å²) in [6, 6.07) is -0.624. The van der Waals surface area contributed by atoms with Crippen LogP contribution in [0, 0.1) is 0 Å². The van der Waals surface area contributed by atoms with Crippen LogP contribution in [0.25, 0.3) is 0 Å². The predicted octanol–water partition coefficient (Wildman–Crippen LogP) is 25.6. The van der Waals surface area contributed by atoms with E-state index in [-0.39, 0.29) is 18.5 Å². The van der Waals surface area contributed by atoms with Crippen molar-refractivity contribution < 1.29 is 24.5 Å². The molecule has 0 aliphatic carbocycles. The second-order valence-corrected chi connectivity index (χ2v) is 26.7. The van der Waals surface area contributed by atoms with Crippen LogP contribution in [-0.4, -0.2) is 47.4 Å². The van der Waals surface area contributed by atoms with E-state index < -0.39 is 12.1 Å². The van der Waals surface area contributed by atoms with Crippen molar-refractivity contribution in [2.24, 2.45) is 0 Å². The minimum absolute atomic E-state index is 0.0201. The third kappa shape index (κ3) is 70.9. The van der Waals surface area contributed by atoms with Crippen molar-refractivity contribution in [3.63, 3.8) is 0 Å². The second kappa shape index (κ2) is 75.3. The van der Waals surface area contributed by atoms with Crippen molar-refractivity contribution in [3.05, 3.63) is 48.6 Å². The Kier molecular flexibility index (Phi) is 73.4. The van der Waals surface area contributed by atoms with Gasteiger partial charge in [-0.1, -0.05) is 371 Å². The smallest absolute Gasteiger partial charge is 0.305 e. The summed E-state index contributed by atoms with van der Waals surface area (Å²) in [6.07, 6.45) is 99.6. The predicted molar refractivity (Wildman–Crippen MR) is 379 cm³/mol. The molecular weight excluding hydrogens is 1050 g/mol. The van der Waals surface area contributed by atoms with Crippen molar-refractivity contribution in [2.75, 3.05) is 13.2 Å². The van der Waals surface area contributed by atoms with Gasteiger partial charge in [0, 0.05) is 12.8 Å². The Morgan fingerprint density at radius 3 is 0.895 bits per heavy atom. The van der Waals surface area contributed by atoms with Crippen LogP contribution in [0.3, 0.4) is 0 Å². The van der Waals surface area contributed by atoms with Gasteiger partial charge in [0.1, 0.15) is 0 Å². The highest BCUT2D eigenvalue weighted by Crippen LogP contribution is 2.19. The lowest BCUT2D eigenvalue weighted by Gasteiger charge is -2.20. The van der Waals surface area contributed by atoms with E-state index in [0.717, 1.165) is 44.9 Å². The first-order chi connectivity index (χ1) is 42.5. The Labute approximate surface area is 537 Å². The van der Waals surface area contributed by atoms with Gasteiger partial charge in [-0.25, -0.2) is 0 Å². The normalized spacial score (nSPS) is 12.7. The molecule has 0 aromatic carbocycles. The first kappa shape index (κ1) is 83.8. The van der Waals surface area contributed by atoms with Crippen molar-refractivity contribution in [1.29, 1.82) is 0 Å². The van der Waals surface area contributed by atoms with E-state index >= 15 is 0 Å². The highest BCUT2D eigenvalue weighted by atomic mass is 16.5. The SMILES string of the molecule is CCCCCCCC/C=C\CCCCCCCCCCCC(=O)OCCCCCCCCCCCCCCCCC/C=C\C/C=C\CCCCCCCCCCCCCCCCCCCC(=O)NC(CO)C(O)/C=C/CCCCCCCCCCC. The molecule has 2 unspecified atom stereocenters. The van der Waals surface area contributed by atoms with Crippen LogP contribution in [0.15, 0.2) is 48.6 Å². The Bertz CT molecular complexity index is 1440. The number of allylic oxidation sites excluding steroid dienone is 7. The standard InChI is InChI=1S/C80H151NO5/c1-3-5-7-9-11-13-15-16-17-18-40-44-47-50-54-58-62-66-70-74-80(85)86-75-71-67-63-59-55-51-48-45-42-39-37-35-33-31-29-27-25-23-21-19-20-22-24-26-28-30-32-34-36-38-41-43-46-49-53-57-61-65-69-73-79(84)81-77(76-82)78(83)72-68-64-60-56-52-14-12-10-8-6-4-2/h16-17,19-20,23,25,68,72,77-78,82-83H,3-15,18,21-22,24,26-67,69-71,73-76H2,1-2H3,(H,81,84)/b17-16-,20-19-,25-23-,72-68+. The second-order valence-electron chi connectivity index (χ2n) is 26.7. The van der Waals surface area contributed by atoms with Crippen molar-refractivity contribution in [3.8, 4) is 0 Å². The van der Waals surface area contributed by atoms with Gasteiger partial charge >= 0.3 is 5.97 Å². The van der Waals surface area contributed by atoms with Crippen molar-refractivity contribution >= 4 is 11.9 Å². The average molecular weight is 1210 g/mol. The summed E-state index contributed by atoms with van der Waals surface area (Å²) in [6.45, 7) is 4.92. The molecule has 6 heteroatoms. The van der Waals surface area contributed by atoms with Crippen LogP contribution in [0.1, 0.15) is 425 Å². The minimum Gasteiger partial charge on any atom is -0.466 e. The summed E-state index contributed by atoms with van der Waals surface area (Å²) >= 11 is 0. The fraction of sp³-hybridized carbons (Fsp3) is 0.875. The van der Waals surface area contributed by atoms with Gasteiger partial charge in [0.05, 0.1) is 25.4 Å². The lowest BCUT2D eigenvalue weighted by Crippen LogP contribution is -2.45. The maximum absolute atomic E-state index is 12.4. The molecule has 0 aromatic rings. The summed E-state index contributed by atoms with van der Waals surface area (Å²) in [5.41, 5.74) is 0. The highest BCUT2D eigenvalue weighted by Gasteiger charge is 2.18. The maximum atomic E-state index is 12.4. The zero-order valence-electron chi connectivity index (χ0n) is 58.1. The summed E-state index contributed by atoms with van der Waals surface area (Å²) in [5, 5.41) is 23.1. The molecule has 86 heavy (non-hydrogen) atoms. The topological polar surface area (TPSA) is 95.9 Å². The third-order valence-electron chi connectivity index (χ3n) is 18.1. The number of hydrogen-bond donors (Lipinski definition) is 3. The fourth-order valence-electron chi connectivity index (χ4n) is 12.1. The Hall–Kier alpha value is -2.18. The third-order valence-corrected chi connectivity index (χ3v) is 18.1. The van der Waals surface area contributed by atoms with Gasteiger partial charge in [0.15, 0.2) is 0 Å². The summed E-state index contributed by atoms with van der Waals surface area (Å²) in [4.78, 5) is 24.6. The monoisotopic (exact) mass is 1210 g/mol. The van der Waals surface area contributed by atoms with Gasteiger partial charge < -0.3 is 20.3 Å². The number of rotatable bonds is 73. The molecule has 0 aliphatic rings. The molecule has 0 saturated carbocycles. The van der Waals surface area contributed by atoms with E-state index in [1.54, 1.807) is 6.08 Å². The summed E-state index contributed by atoms with van der Waals surface area (Å²) < 4.78 is 5.52.